The van der Waals surface area contributed by atoms with E-state index >= 15 is 0 Å². The van der Waals surface area contributed by atoms with Gasteiger partial charge >= 0.3 is 0 Å². The first kappa shape index (κ1) is 22.2. The Morgan fingerprint density at radius 3 is 2.32 bits per heavy atom. The lowest BCUT2D eigenvalue weighted by Gasteiger charge is -2.13. The number of anilines is 1. The van der Waals surface area contributed by atoms with E-state index in [1.165, 1.54) is 38.4 Å². The van der Waals surface area contributed by atoms with E-state index in [1.54, 1.807) is 6.07 Å². The molecule has 31 heavy (non-hydrogen) atoms. The number of sulfonamides is 1. The molecule has 0 aliphatic carbocycles. The van der Waals surface area contributed by atoms with Crippen LogP contribution in [-0.4, -0.2) is 38.5 Å². The highest BCUT2D eigenvalue weighted by molar-refractivity contribution is 7.92. The van der Waals surface area contributed by atoms with Crippen molar-refractivity contribution in [2.24, 2.45) is 0 Å². The van der Waals surface area contributed by atoms with E-state index < -0.39 is 15.9 Å². The number of nitrogens with one attached hydrogen (secondary N) is 2. The summed E-state index contributed by atoms with van der Waals surface area (Å²) in [6.45, 7) is 3.85. The van der Waals surface area contributed by atoms with Gasteiger partial charge in [0, 0.05) is 24.2 Å². The first-order chi connectivity index (χ1) is 14.7. The van der Waals surface area contributed by atoms with Crippen LogP contribution in [0, 0.1) is 13.8 Å². The number of carbonyl (C=O) groups is 1. The first-order valence-corrected chi connectivity index (χ1v) is 10.7. The van der Waals surface area contributed by atoms with Gasteiger partial charge in [0.2, 0.25) is 5.95 Å². The number of nitrogens with zero attached hydrogens (tertiary/aromatic N) is 2. The third-order valence-corrected chi connectivity index (χ3v) is 5.79. The standard InChI is InChI=1S/C21H22N4O5S/c1-13-7-5-8-14(2)19(13)17-12-18(30-29-4)24-21(23-17)25-31(27,28)16-10-6-9-15(11-16)20(26)22-3/h5-12H,1-4H3,(H,22,26)(H,23,24,25). The van der Waals surface area contributed by atoms with E-state index in [0.29, 0.717) is 5.69 Å². The van der Waals surface area contributed by atoms with Crippen molar-refractivity contribution in [1.29, 1.82) is 0 Å². The zero-order valence-electron chi connectivity index (χ0n) is 17.5. The number of aryl methyl sites for hydroxylation is 2. The minimum absolute atomic E-state index is 0.0342. The van der Waals surface area contributed by atoms with Gasteiger partial charge in [0.1, 0.15) is 0 Å². The van der Waals surface area contributed by atoms with E-state index in [4.69, 9.17) is 9.78 Å². The third kappa shape index (κ3) is 4.98. The Bertz CT molecular complexity index is 1210. The van der Waals surface area contributed by atoms with Gasteiger partial charge in [0.25, 0.3) is 21.8 Å². The van der Waals surface area contributed by atoms with Crippen molar-refractivity contribution >= 4 is 21.9 Å². The number of carbonyl (C=O) groups excluding carboxylic acids is 1. The van der Waals surface area contributed by atoms with Crippen LogP contribution in [-0.2, 0) is 14.9 Å². The Morgan fingerprint density at radius 2 is 1.68 bits per heavy atom. The molecule has 0 unspecified atom stereocenters. The van der Waals surface area contributed by atoms with Crippen LogP contribution in [0.25, 0.3) is 11.3 Å². The van der Waals surface area contributed by atoms with Gasteiger partial charge in [-0.25, -0.2) is 18.1 Å². The summed E-state index contributed by atoms with van der Waals surface area (Å²) >= 11 is 0. The van der Waals surface area contributed by atoms with Gasteiger partial charge in [0.15, 0.2) is 0 Å². The van der Waals surface area contributed by atoms with Crippen molar-refractivity contribution in [2.45, 2.75) is 18.7 Å². The van der Waals surface area contributed by atoms with E-state index in [1.807, 2.05) is 32.0 Å². The Kier molecular flexibility index (Phi) is 6.52. The molecular weight excluding hydrogens is 420 g/mol. The predicted octanol–water partition coefficient (Wildman–Crippen LogP) is 2.86. The van der Waals surface area contributed by atoms with Crippen LogP contribution in [0.4, 0.5) is 5.95 Å². The second-order valence-corrected chi connectivity index (χ2v) is 8.33. The lowest BCUT2D eigenvalue weighted by molar-refractivity contribution is -0.181. The van der Waals surface area contributed by atoms with Crippen LogP contribution in [0.15, 0.2) is 53.4 Å². The highest BCUT2D eigenvalue weighted by atomic mass is 32.2. The second-order valence-electron chi connectivity index (χ2n) is 6.64. The third-order valence-electron chi connectivity index (χ3n) is 4.47. The highest BCUT2D eigenvalue weighted by Gasteiger charge is 2.20. The molecule has 0 saturated heterocycles. The quantitative estimate of drug-likeness (QED) is 0.426. The number of aromatic nitrogens is 2. The lowest BCUT2D eigenvalue weighted by atomic mass is 10.00. The maximum absolute atomic E-state index is 12.9. The summed E-state index contributed by atoms with van der Waals surface area (Å²) < 4.78 is 28.2. The van der Waals surface area contributed by atoms with Gasteiger partial charge in [-0.1, -0.05) is 24.3 Å². The van der Waals surface area contributed by atoms with Crippen LogP contribution < -0.4 is 14.9 Å². The molecule has 0 bridgehead atoms. The van der Waals surface area contributed by atoms with Gasteiger partial charge in [-0.2, -0.15) is 9.87 Å². The number of hydrogen-bond donors (Lipinski definition) is 2. The minimum Gasteiger partial charge on any atom is -0.355 e. The van der Waals surface area contributed by atoms with E-state index in [0.717, 1.165) is 16.7 Å². The molecule has 162 valence electrons. The van der Waals surface area contributed by atoms with Crippen LogP contribution in [0.1, 0.15) is 21.5 Å². The summed E-state index contributed by atoms with van der Waals surface area (Å²) in [5.74, 6) is -0.564. The Balaban J connectivity index is 2.05. The van der Waals surface area contributed by atoms with Crippen molar-refractivity contribution in [3.05, 3.63) is 65.2 Å². The van der Waals surface area contributed by atoms with Crippen LogP contribution in [0.5, 0.6) is 5.88 Å². The lowest BCUT2D eigenvalue weighted by Crippen LogP contribution is -2.20. The van der Waals surface area contributed by atoms with Crippen molar-refractivity contribution in [1.82, 2.24) is 15.3 Å². The van der Waals surface area contributed by atoms with Gasteiger partial charge in [-0.15, -0.1) is 0 Å². The molecule has 0 spiro atoms. The topological polar surface area (TPSA) is 120 Å². The summed E-state index contributed by atoms with van der Waals surface area (Å²) in [6, 6.07) is 13.0. The molecule has 0 radical (unpaired) electrons. The fourth-order valence-corrected chi connectivity index (χ4v) is 4.06. The van der Waals surface area contributed by atoms with Crippen molar-refractivity contribution in [3.63, 3.8) is 0 Å². The molecule has 1 heterocycles. The molecule has 0 saturated carbocycles. The Labute approximate surface area is 180 Å². The molecule has 9 nitrogen and oxygen atoms in total. The molecule has 1 aromatic heterocycles. The van der Waals surface area contributed by atoms with Crippen LogP contribution in [0.3, 0.4) is 0 Å². The smallest absolute Gasteiger partial charge is 0.264 e. The molecule has 0 atom stereocenters. The van der Waals surface area contributed by atoms with E-state index in [-0.39, 0.29) is 22.3 Å². The minimum atomic E-state index is -4.08. The van der Waals surface area contributed by atoms with Gasteiger partial charge in [-0.05, 0) is 43.2 Å². The summed E-state index contributed by atoms with van der Waals surface area (Å²) in [7, 11) is -1.30. The molecular formula is C21H22N4O5S. The van der Waals surface area contributed by atoms with Gasteiger partial charge < -0.3 is 10.2 Å². The fraction of sp³-hybridized carbons (Fsp3) is 0.190. The molecule has 2 N–H and O–H groups in total. The molecule has 0 aliphatic rings. The molecule has 2 aromatic carbocycles. The van der Waals surface area contributed by atoms with Crippen molar-refractivity contribution < 1.29 is 23.0 Å². The van der Waals surface area contributed by atoms with Crippen LogP contribution >= 0.6 is 0 Å². The maximum Gasteiger partial charge on any atom is 0.264 e. The molecule has 1 amide bonds. The summed E-state index contributed by atoms with van der Waals surface area (Å²) in [5.41, 5.74) is 3.41. The Hall–Kier alpha value is -3.50. The molecule has 3 rings (SSSR count). The highest BCUT2D eigenvalue weighted by Crippen LogP contribution is 2.29. The first-order valence-electron chi connectivity index (χ1n) is 9.26. The zero-order chi connectivity index (χ0) is 22.6. The molecule has 0 aliphatic heterocycles. The predicted molar refractivity (Wildman–Crippen MR) is 115 cm³/mol. The molecule has 0 fully saturated rings. The average molecular weight is 442 g/mol. The largest absolute Gasteiger partial charge is 0.355 e. The zero-order valence-corrected chi connectivity index (χ0v) is 18.3. The summed E-state index contributed by atoms with van der Waals surface area (Å²) in [5, 5.41) is 2.46. The van der Waals surface area contributed by atoms with Crippen LogP contribution in [0.2, 0.25) is 0 Å². The number of hydrogen-bond acceptors (Lipinski definition) is 7. The van der Waals surface area contributed by atoms with E-state index in [2.05, 4.69) is 20.0 Å². The summed E-state index contributed by atoms with van der Waals surface area (Å²) in [4.78, 5) is 29.9. The molecule has 3 aromatic rings. The van der Waals surface area contributed by atoms with Crippen molar-refractivity contribution in [2.75, 3.05) is 18.9 Å². The second kappa shape index (κ2) is 9.11. The van der Waals surface area contributed by atoms with E-state index in [9.17, 15) is 13.2 Å². The van der Waals surface area contributed by atoms with Gasteiger partial charge in [0.05, 0.1) is 17.7 Å². The normalized spacial score (nSPS) is 11.1. The fourth-order valence-electron chi connectivity index (χ4n) is 3.07. The number of benzene rings is 2. The van der Waals surface area contributed by atoms with Gasteiger partial charge in [-0.3, -0.25) is 4.79 Å². The average Bonchev–Trinajstić information content (AvgIpc) is 2.73. The van der Waals surface area contributed by atoms with Crippen molar-refractivity contribution in [3.8, 4) is 17.1 Å². The monoisotopic (exact) mass is 442 g/mol. The summed E-state index contributed by atoms with van der Waals surface area (Å²) in [6.07, 6.45) is 0. The maximum atomic E-state index is 12.9. The number of rotatable bonds is 7. The number of amides is 1. The SMILES string of the molecule is CNC(=O)c1cccc(S(=O)(=O)Nc2nc(OOC)cc(-c3c(C)cccc3C)n2)c1. The molecule has 10 heteroatoms. The Morgan fingerprint density at radius 1 is 1.00 bits per heavy atom.